The molecule has 0 bridgehead atoms. The Morgan fingerprint density at radius 1 is 1.25 bits per heavy atom. The van der Waals surface area contributed by atoms with Gasteiger partial charge in [0.05, 0.1) is 17.7 Å². The van der Waals surface area contributed by atoms with E-state index in [9.17, 15) is 18.0 Å². The van der Waals surface area contributed by atoms with Crippen LogP contribution >= 0.6 is 0 Å². The molecule has 7 heteroatoms. The van der Waals surface area contributed by atoms with E-state index in [0.29, 0.717) is 17.9 Å². The number of carbonyl (C=O) groups is 1. The normalized spacial score (nSPS) is 27.0. The van der Waals surface area contributed by atoms with Crippen molar-refractivity contribution in [1.29, 1.82) is 5.26 Å². The fourth-order valence-corrected chi connectivity index (χ4v) is 3.41. The monoisotopic (exact) mass is 337 g/mol. The van der Waals surface area contributed by atoms with Gasteiger partial charge >= 0.3 is 6.18 Å². The lowest BCUT2D eigenvalue weighted by Gasteiger charge is -2.37. The summed E-state index contributed by atoms with van der Waals surface area (Å²) < 4.78 is 37.2. The van der Waals surface area contributed by atoms with Crippen LogP contribution in [0.3, 0.4) is 0 Å². The third kappa shape index (κ3) is 3.70. The number of carbonyl (C=O) groups excluding carboxylic acids is 1. The Bertz CT molecular complexity index is 645. The van der Waals surface area contributed by atoms with Crippen molar-refractivity contribution in [3.63, 3.8) is 0 Å². The quantitative estimate of drug-likeness (QED) is 0.919. The molecule has 1 saturated carbocycles. The summed E-state index contributed by atoms with van der Waals surface area (Å²) in [6, 6.07) is 9.17. The number of benzene rings is 1. The van der Waals surface area contributed by atoms with Gasteiger partial charge in [-0.1, -0.05) is 12.1 Å². The summed E-state index contributed by atoms with van der Waals surface area (Å²) in [6.45, 7) is -1.01. The SMILES string of the molecule is N#Cc1ccc(C2CC(NC3CCN(CC(F)(F)F)C3=O)C2)cc1. The standard InChI is InChI=1S/C17H18F3N3O/c18-17(19,20)10-23-6-5-15(16(23)24)22-14-7-13(8-14)12-3-1-11(9-21)2-4-12/h1-4,13-15,22H,5-8,10H2. The molecule has 1 aliphatic heterocycles. The van der Waals surface area contributed by atoms with Crippen molar-refractivity contribution in [2.45, 2.75) is 43.4 Å². The van der Waals surface area contributed by atoms with Crippen LogP contribution in [-0.2, 0) is 4.79 Å². The summed E-state index contributed by atoms with van der Waals surface area (Å²) in [5.41, 5.74) is 1.78. The van der Waals surface area contributed by atoms with E-state index >= 15 is 0 Å². The van der Waals surface area contributed by atoms with Gasteiger partial charge in [0.15, 0.2) is 0 Å². The molecule has 0 spiro atoms. The number of hydrogen-bond acceptors (Lipinski definition) is 3. The first-order valence-corrected chi connectivity index (χ1v) is 7.97. The van der Waals surface area contributed by atoms with E-state index in [-0.39, 0.29) is 12.6 Å². The van der Waals surface area contributed by atoms with E-state index in [1.54, 1.807) is 12.1 Å². The van der Waals surface area contributed by atoms with Crippen LogP contribution in [0.2, 0.25) is 0 Å². The summed E-state index contributed by atoms with van der Waals surface area (Å²) in [5.74, 6) is -0.0767. The molecule has 1 aromatic carbocycles. The average molecular weight is 337 g/mol. The summed E-state index contributed by atoms with van der Waals surface area (Å²) >= 11 is 0. The second-order valence-electron chi connectivity index (χ2n) is 6.48. The lowest BCUT2D eigenvalue weighted by atomic mass is 9.75. The highest BCUT2D eigenvalue weighted by molar-refractivity contribution is 5.84. The molecular formula is C17H18F3N3O. The number of nitriles is 1. The number of rotatable bonds is 4. The predicted octanol–water partition coefficient (Wildman–Crippen LogP) is 2.56. The molecule has 1 amide bonds. The van der Waals surface area contributed by atoms with Crippen molar-refractivity contribution < 1.29 is 18.0 Å². The molecule has 1 aromatic rings. The zero-order valence-corrected chi connectivity index (χ0v) is 13.0. The molecule has 1 saturated heterocycles. The lowest BCUT2D eigenvalue weighted by Crippen LogP contribution is -2.49. The van der Waals surface area contributed by atoms with Gasteiger partial charge in [0.1, 0.15) is 6.54 Å². The van der Waals surface area contributed by atoms with Crippen LogP contribution in [0, 0.1) is 11.3 Å². The van der Waals surface area contributed by atoms with E-state index in [2.05, 4.69) is 11.4 Å². The Hall–Kier alpha value is -2.07. The summed E-state index contributed by atoms with van der Waals surface area (Å²) in [4.78, 5) is 12.9. The van der Waals surface area contributed by atoms with Gasteiger partial charge in [0.25, 0.3) is 0 Å². The number of nitrogens with one attached hydrogen (secondary N) is 1. The Balaban J connectivity index is 1.47. The summed E-state index contributed by atoms with van der Waals surface area (Å²) in [6.07, 6.45) is -2.21. The molecule has 1 atom stereocenters. The van der Waals surface area contributed by atoms with Crippen LogP contribution in [-0.4, -0.2) is 42.2 Å². The van der Waals surface area contributed by atoms with Crippen LogP contribution in [0.1, 0.15) is 36.3 Å². The molecule has 0 aromatic heterocycles. The molecule has 4 nitrogen and oxygen atoms in total. The third-order valence-corrected chi connectivity index (χ3v) is 4.75. The molecular weight excluding hydrogens is 319 g/mol. The van der Waals surface area contributed by atoms with Crippen LogP contribution in [0.25, 0.3) is 0 Å². The van der Waals surface area contributed by atoms with Gasteiger partial charge in [0, 0.05) is 12.6 Å². The van der Waals surface area contributed by atoms with Gasteiger partial charge in [-0.15, -0.1) is 0 Å². The van der Waals surface area contributed by atoms with Crippen molar-refractivity contribution in [2.24, 2.45) is 0 Å². The second kappa shape index (κ2) is 6.44. The summed E-state index contributed by atoms with van der Waals surface area (Å²) in [7, 11) is 0. The van der Waals surface area contributed by atoms with Crippen LogP contribution in [0.5, 0.6) is 0 Å². The highest BCUT2D eigenvalue weighted by atomic mass is 19.4. The van der Waals surface area contributed by atoms with Gasteiger partial charge in [-0.3, -0.25) is 4.79 Å². The Morgan fingerprint density at radius 3 is 2.50 bits per heavy atom. The van der Waals surface area contributed by atoms with E-state index in [1.165, 1.54) is 0 Å². The van der Waals surface area contributed by atoms with Gasteiger partial charge in [-0.2, -0.15) is 18.4 Å². The van der Waals surface area contributed by atoms with E-state index in [1.807, 2.05) is 12.1 Å². The van der Waals surface area contributed by atoms with Gasteiger partial charge < -0.3 is 10.2 Å². The molecule has 1 heterocycles. The smallest absolute Gasteiger partial charge is 0.332 e. The topological polar surface area (TPSA) is 56.1 Å². The molecule has 2 aliphatic rings. The van der Waals surface area contributed by atoms with Gasteiger partial charge in [-0.25, -0.2) is 0 Å². The molecule has 128 valence electrons. The zero-order valence-electron chi connectivity index (χ0n) is 13.0. The molecule has 2 fully saturated rings. The maximum absolute atomic E-state index is 12.4. The minimum absolute atomic E-state index is 0.155. The van der Waals surface area contributed by atoms with Crippen LogP contribution in [0.4, 0.5) is 13.2 Å². The fraction of sp³-hybridized carbons (Fsp3) is 0.529. The zero-order chi connectivity index (χ0) is 17.3. The molecule has 1 N–H and O–H groups in total. The average Bonchev–Trinajstić information content (AvgIpc) is 2.82. The number of amides is 1. The number of hydrogen-bond donors (Lipinski definition) is 1. The maximum atomic E-state index is 12.4. The highest BCUT2D eigenvalue weighted by Gasteiger charge is 2.41. The lowest BCUT2D eigenvalue weighted by molar-refractivity contribution is -0.158. The number of likely N-dealkylation sites (tertiary alicyclic amines) is 1. The Kier molecular flexibility index (Phi) is 4.50. The first-order chi connectivity index (χ1) is 11.4. The Morgan fingerprint density at radius 2 is 1.92 bits per heavy atom. The molecule has 24 heavy (non-hydrogen) atoms. The molecule has 1 aliphatic carbocycles. The Labute approximate surface area is 138 Å². The molecule has 1 unspecified atom stereocenters. The van der Waals surface area contributed by atoms with Crippen molar-refractivity contribution in [3.8, 4) is 6.07 Å². The second-order valence-corrected chi connectivity index (χ2v) is 6.48. The van der Waals surface area contributed by atoms with Crippen molar-refractivity contribution in [1.82, 2.24) is 10.2 Å². The summed E-state index contributed by atoms with van der Waals surface area (Å²) in [5, 5.41) is 12.0. The minimum Gasteiger partial charge on any atom is -0.332 e. The number of alkyl halides is 3. The van der Waals surface area contributed by atoms with Crippen LogP contribution in [0.15, 0.2) is 24.3 Å². The minimum atomic E-state index is -4.35. The van der Waals surface area contributed by atoms with Gasteiger partial charge in [-0.05, 0) is 42.9 Å². The highest BCUT2D eigenvalue weighted by Crippen LogP contribution is 2.37. The van der Waals surface area contributed by atoms with E-state index < -0.39 is 24.7 Å². The van der Waals surface area contributed by atoms with E-state index in [4.69, 9.17) is 5.26 Å². The van der Waals surface area contributed by atoms with Crippen molar-refractivity contribution in [3.05, 3.63) is 35.4 Å². The number of nitrogens with zero attached hydrogens (tertiary/aromatic N) is 2. The van der Waals surface area contributed by atoms with Crippen molar-refractivity contribution >= 4 is 5.91 Å². The fourth-order valence-electron chi connectivity index (χ4n) is 3.41. The number of halogens is 3. The first kappa shape index (κ1) is 16.8. The third-order valence-electron chi connectivity index (χ3n) is 4.75. The molecule has 0 radical (unpaired) electrons. The van der Waals surface area contributed by atoms with Crippen LogP contribution < -0.4 is 5.32 Å². The van der Waals surface area contributed by atoms with E-state index in [0.717, 1.165) is 23.3 Å². The molecule has 3 rings (SSSR count). The predicted molar refractivity (Wildman–Crippen MR) is 81.1 cm³/mol. The maximum Gasteiger partial charge on any atom is 0.406 e. The van der Waals surface area contributed by atoms with Crippen molar-refractivity contribution in [2.75, 3.05) is 13.1 Å². The first-order valence-electron chi connectivity index (χ1n) is 7.97. The largest absolute Gasteiger partial charge is 0.406 e. The van der Waals surface area contributed by atoms with Gasteiger partial charge in [0.2, 0.25) is 5.91 Å².